The Morgan fingerprint density at radius 2 is 2.17 bits per heavy atom. The van der Waals surface area contributed by atoms with Crippen molar-refractivity contribution in [3.8, 4) is 0 Å². The van der Waals surface area contributed by atoms with Gasteiger partial charge in [-0.25, -0.2) is 4.98 Å². The maximum Gasteiger partial charge on any atom is 0.249 e. The Kier molecular flexibility index (Phi) is 3.81. The molecular formula is C14H13N3O. The lowest BCUT2D eigenvalue weighted by Crippen LogP contribution is -2.08. The molecule has 0 atom stereocenters. The van der Waals surface area contributed by atoms with Gasteiger partial charge in [0.05, 0.1) is 0 Å². The van der Waals surface area contributed by atoms with Gasteiger partial charge in [-0.2, -0.15) is 0 Å². The van der Waals surface area contributed by atoms with Crippen molar-refractivity contribution in [2.45, 2.75) is 6.92 Å². The molecule has 18 heavy (non-hydrogen) atoms. The molecule has 4 heteroatoms. The molecule has 0 radical (unpaired) electrons. The molecule has 0 aliphatic carbocycles. The Labute approximate surface area is 105 Å². The fourth-order valence-corrected chi connectivity index (χ4v) is 1.36. The third kappa shape index (κ3) is 3.52. The lowest BCUT2D eigenvalue weighted by Gasteiger charge is -2.00. The normalized spacial score (nSPS) is 10.5. The van der Waals surface area contributed by atoms with Gasteiger partial charge in [0.25, 0.3) is 0 Å². The van der Waals surface area contributed by atoms with Gasteiger partial charge in [-0.15, -0.1) is 0 Å². The zero-order chi connectivity index (χ0) is 12.8. The lowest BCUT2D eigenvalue weighted by atomic mass is 10.2. The van der Waals surface area contributed by atoms with Gasteiger partial charge in [-0.3, -0.25) is 9.78 Å². The molecule has 0 spiro atoms. The van der Waals surface area contributed by atoms with Crippen LogP contribution in [0.5, 0.6) is 0 Å². The first kappa shape index (κ1) is 12.0. The van der Waals surface area contributed by atoms with E-state index in [9.17, 15) is 4.79 Å². The Morgan fingerprint density at radius 1 is 1.28 bits per heavy atom. The maximum absolute atomic E-state index is 11.6. The van der Waals surface area contributed by atoms with E-state index in [0.717, 1.165) is 11.1 Å². The topological polar surface area (TPSA) is 54.9 Å². The summed E-state index contributed by atoms with van der Waals surface area (Å²) in [5.74, 6) is 0.330. The van der Waals surface area contributed by atoms with Gasteiger partial charge in [0.1, 0.15) is 5.82 Å². The number of aryl methyl sites for hydroxylation is 1. The molecule has 2 rings (SSSR count). The number of anilines is 1. The van der Waals surface area contributed by atoms with Crippen molar-refractivity contribution in [3.05, 3.63) is 60.1 Å². The first-order valence-electron chi connectivity index (χ1n) is 5.56. The largest absolute Gasteiger partial charge is 0.307 e. The smallest absolute Gasteiger partial charge is 0.249 e. The van der Waals surface area contributed by atoms with Crippen LogP contribution in [0, 0.1) is 6.92 Å². The highest BCUT2D eigenvalue weighted by Crippen LogP contribution is 2.04. The van der Waals surface area contributed by atoms with Crippen LogP contribution in [0.3, 0.4) is 0 Å². The lowest BCUT2D eigenvalue weighted by molar-refractivity contribution is -0.111. The highest BCUT2D eigenvalue weighted by Gasteiger charge is 1.98. The van der Waals surface area contributed by atoms with Crippen LogP contribution < -0.4 is 5.32 Å². The summed E-state index contributed by atoms with van der Waals surface area (Å²) in [4.78, 5) is 19.7. The minimum Gasteiger partial charge on any atom is -0.307 e. The van der Waals surface area contributed by atoms with E-state index in [-0.39, 0.29) is 5.91 Å². The summed E-state index contributed by atoms with van der Waals surface area (Å²) in [5.41, 5.74) is 1.93. The van der Waals surface area contributed by atoms with Crippen LogP contribution in [0.4, 0.5) is 5.82 Å². The van der Waals surface area contributed by atoms with Crippen LogP contribution in [0.2, 0.25) is 0 Å². The van der Waals surface area contributed by atoms with E-state index >= 15 is 0 Å². The third-order valence-electron chi connectivity index (χ3n) is 2.27. The quantitative estimate of drug-likeness (QED) is 0.837. The van der Waals surface area contributed by atoms with Crippen molar-refractivity contribution >= 4 is 17.8 Å². The second kappa shape index (κ2) is 5.72. The fourth-order valence-electron chi connectivity index (χ4n) is 1.36. The molecule has 0 bridgehead atoms. The van der Waals surface area contributed by atoms with Gasteiger partial charge in [0.2, 0.25) is 5.91 Å². The van der Waals surface area contributed by atoms with Gasteiger partial charge in [0, 0.05) is 24.7 Å². The number of carbonyl (C=O) groups is 1. The predicted octanol–water partition coefficient (Wildman–Crippen LogP) is 2.44. The Balaban J connectivity index is 1.97. The van der Waals surface area contributed by atoms with Crippen molar-refractivity contribution in [1.82, 2.24) is 9.97 Å². The van der Waals surface area contributed by atoms with Gasteiger partial charge in [-0.1, -0.05) is 12.1 Å². The van der Waals surface area contributed by atoms with Gasteiger partial charge < -0.3 is 5.32 Å². The molecule has 0 aliphatic rings. The maximum atomic E-state index is 11.6. The van der Waals surface area contributed by atoms with Crippen molar-refractivity contribution in [2.24, 2.45) is 0 Å². The van der Waals surface area contributed by atoms with Crippen molar-refractivity contribution in [2.75, 3.05) is 5.32 Å². The molecule has 4 nitrogen and oxygen atoms in total. The van der Waals surface area contributed by atoms with E-state index < -0.39 is 0 Å². The van der Waals surface area contributed by atoms with E-state index in [1.165, 1.54) is 6.08 Å². The van der Waals surface area contributed by atoms with E-state index in [1.807, 2.05) is 25.1 Å². The number of nitrogens with zero attached hydrogens (tertiary/aromatic N) is 2. The van der Waals surface area contributed by atoms with Crippen LogP contribution in [-0.2, 0) is 4.79 Å². The summed E-state index contributed by atoms with van der Waals surface area (Å²) in [6.45, 7) is 1.95. The molecule has 0 unspecified atom stereocenters. The van der Waals surface area contributed by atoms with Crippen molar-refractivity contribution in [1.29, 1.82) is 0 Å². The third-order valence-corrected chi connectivity index (χ3v) is 2.27. The monoisotopic (exact) mass is 239 g/mol. The average Bonchev–Trinajstić information content (AvgIpc) is 2.40. The summed E-state index contributed by atoms with van der Waals surface area (Å²) in [6, 6.07) is 7.36. The average molecular weight is 239 g/mol. The van der Waals surface area contributed by atoms with E-state index in [2.05, 4.69) is 15.3 Å². The zero-order valence-corrected chi connectivity index (χ0v) is 10.00. The van der Waals surface area contributed by atoms with Crippen LogP contribution in [0.25, 0.3) is 6.08 Å². The molecule has 2 heterocycles. The second-order valence-corrected chi connectivity index (χ2v) is 3.83. The summed E-state index contributed by atoms with van der Waals surface area (Å²) in [5, 5.41) is 2.68. The summed E-state index contributed by atoms with van der Waals surface area (Å²) in [6.07, 6.45) is 8.25. The minimum absolute atomic E-state index is 0.213. The van der Waals surface area contributed by atoms with Crippen molar-refractivity contribution < 1.29 is 4.79 Å². The molecule has 2 aromatic heterocycles. The predicted molar refractivity (Wildman–Crippen MR) is 70.9 cm³/mol. The van der Waals surface area contributed by atoms with Crippen LogP contribution in [-0.4, -0.2) is 15.9 Å². The standard InChI is InChI=1S/C14H13N3O/c1-11-4-6-13(16-9-11)17-14(18)7-5-12-3-2-8-15-10-12/h2-10H,1H3,(H,16,17,18)/b7-5+. The molecule has 0 aliphatic heterocycles. The summed E-state index contributed by atoms with van der Waals surface area (Å²) in [7, 11) is 0. The first-order valence-corrected chi connectivity index (χ1v) is 5.56. The Morgan fingerprint density at radius 3 is 2.83 bits per heavy atom. The van der Waals surface area contributed by atoms with Gasteiger partial charge in [-0.05, 0) is 36.3 Å². The Bertz CT molecular complexity index is 547. The molecule has 0 saturated carbocycles. The highest BCUT2D eigenvalue weighted by atomic mass is 16.1. The number of hydrogen-bond donors (Lipinski definition) is 1. The number of amides is 1. The van der Waals surface area contributed by atoms with Crippen LogP contribution in [0.15, 0.2) is 48.9 Å². The second-order valence-electron chi connectivity index (χ2n) is 3.83. The minimum atomic E-state index is -0.213. The number of pyridine rings is 2. The van der Waals surface area contributed by atoms with E-state index in [4.69, 9.17) is 0 Å². The number of aromatic nitrogens is 2. The number of nitrogens with one attached hydrogen (secondary N) is 1. The highest BCUT2D eigenvalue weighted by molar-refractivity contribution is 6.01. The SMILES string of the molecule is Cc1ccc(NC(=O)/C=C/c2cccnc2)nc1. The van der Waals surface area contributed by atoms with Crippen LogP contribution >= 0.6 is 0 Å². The Hall–Kier alpha value is -2.49. The van der Waals surface area contributed by atoms with Gasteiger partial charge >= 0.3 is 0 Å². The molecule has 0 saturated heterocycles. The molecule has 1 amide bonds. The number of hydrogen-bond acceptors (Lipinski definition) is 3. The fraction of sp³-hybridized carbons (Fsp3) is 0.0714. The summed E-state index contributed by atoms with van der Waals surface area (Å²) >= 11 is 0. The molecule has 2 aromatic rings. The molecule has 1 N–H and O–H groups in total. The molecule has 0 aromatic carbocycles. The summed E-state index contributed by atoms with van der Waals surface area (Å²) < 4.78 is 0. The van der Waals surface area contributed by atoms with Crippen LogP contribution in [0.1, 0.15) is 11.1 Å². The van der Waals surface area contributed by atoms with Crippen molar-refractivity contribution in [3.63, 3.8) is 0 Å². The molecule has 90 valence electrons. The number of rotatable bonds is 3. The molecule has 0 fully saturated rings. The number of carbonyl (C=O) groups excluding carboxylic acids is 1. The molecular weight excluding hydrogens is 226 g/mol. The first-order chi connectivity index (χ1) is 8.74. The van der Waals surface area contributed by atoms with Gasteiger partial charge in [0.15, 0.2) is 0 Å². The van der Waals surface area contributed by atoms with E-state index in [1.54, 1.807) is 30.7 Å². The van der Waals surface area contributed by atoms with E-state index in [0.29, 0.717) is 5.82 Å². The zero-order valence-electron chi connectivity index (χ0n) is 10.00.